The number of aromatic nitrogens is 2. The van der Waals surface area contributed by atoms with Gasteiger partial charge in [0.05, 0.1) is 30.1 Å². The van der Waals surface area contributed by atoms with Crippen molar-refractivity contribution in [3.8, 4) is 5.75 Å². The van der Waals surface area contributed by atoms with Crippen LogP contribution in [-0.2, 0) is 22.4 Å². The first kappa shape index (κ1) is 25.5. The molecule has 0 radical (unpaired) electrons. The summed E-state index contributed by atoms with van der Waals surface area (Å²) in [6.45, 7) is 1.67. The summed E-state index contributed by atoms with van der Waals surface area (Å²) in [5, 5.41) is 10.4. The minimum absolute atomic E-state index is 0.0850. The van der Waals surface area contributed by atoms with Crippen LogP contribution in [0.3, 0.4) is 0 Å². The predicted octanol–water partition coefficient (Wildman–Crippen LogP) is 3.63. The van der Waals surface area contributed by atoms with Crippen molar-refractivity contribution in [3.63, 3.8) is 0 Å². The monoisotopic (exact) mass is 504 g/mol. The van der Waals surface area contributed by atoms with Crippen LogP contribution in [0.5, 0.6) is 5.75 Å². The maximum absolute atomic E-state index is 12.7. The van der Waals surface area contributed by atoms with Gasteiger partial charge in [-0.3, -0.25) is 9.69 Å². The number of amides is 1. The number of imidazole rings is 1. The van der Waals surface area contributed by atoms with E-state index in [4.69, 9.17) is 19.6 Å². The molecule has 3 heterocycles. The molecule has 1 aromatic heterocycles. The lowest BCUT2D eigenvalue weighted by atomic mass is 9.96. The molecule has 5 rings (SSSR count). The minimum Gasteiger partial charge on any atom is -0.493 e. The third-order valence-corrected chi connectivity index (χ3v) is 6.32. The number of alkyl halides is 3. The number of carboxylic acid groups (broad SMARTS) is 1. The van der Waals surface area contributed by atoms with Crippen molar-refractivity contribution < 1.29 is 32.6 Å². The quantitative estimate of drug-likeness (QED) is 0.501. The third-order valence-electron chi connectivity index (χ3n) is 6.32. The van der Waals surface area contributed by atoms with Crippen LogP contribution in [0.1, 0.15) is 35.8 Å². The second kappa shape index (κ2) is 10.6. The number of benzene rings is 2. The number of aliphatic carboxylic acids is 1. The fourth-order valence-electron chi connectivity index (χ4n) is 4.48. The molecule has 2 aliphatic rings. The molecular formula is C25H27F3N4O4. The molecule has 0 saturated carbocycles. The molecule has 36 heavy (non-hydrogen) atoms. The summed E-state index contributed by atoms with van der Waals surface area (Å²) < 4.78 is 37.3. The van der Waals surface area contributed by atoms with E-state index < -0.39 is 12.1 Å². The van der Waals surface area contributed by atoms with Crippen molar-refractivity contribution in [2.75, 3.05) is 20.2 Å². The van der Waals surface area contributed by atoms with Crippen LogP contribution in [0.4, 0.5) is 13.2 Å². The number of carboxylic acids is 1. The highest BCUT2D eigenvalue weighted by Crippen LogP contribution is 2.30. The highest BCUT2D eigenvalue weighted by Gasteiger charge is 2.38. The van der Waals surface area contributed by atoms with E-state index in [0.29, 0.717) is 6.42 Å². The van der Waals surface area contributed by atoms with Crippen LogP contribution < -0.4 is 10.1 Å². The van der Waals surface area contributed by atoms with E-state index in [1.807, 2.05) is 30.3 Å². The molecule has 2 atom stereocenters. The van der Waals surface area contributed by atoms with E-state index in [1.54, 1.807) is 0 Å². The number of para-hydroxylation sites is 2. The van der Waals surface area contributed by atoms with Crippen LogP contribution in [0.15, 0.2) is 42.5 Å². The van der Waals surface area contributed by atoms with Crippen LogP contribution in [0.25, 0.3) is 11.0 Å². The number of carbonyl (C=O) groups is 2. The number of carbonyl (C=O) groups excluding carboxylic acids is 1. The molecule has 0 aliphatic carbocycles. The van der Waals surface area contributed by atoms with Gasteiger partial charge in [0.1, 0.15) is 11.6 Å². The lowest BCUT2D eigenvalue weighted by Crippen LogP contribution is -2.45. The molecule has 192 valence electrons. The number of hydrogen-bond acceptors (Lipinski definition) is 5. The van der Waals surface area contributed by atoms with Gasteiger partial charge in [0.25, 0.3) is 0 Å². The summed E-state index contributed by atoms with van der Waals surface area (Å²) in [6, 6.07) is 14.5. The SMILES string of the molecule is CN1CC[C@@H](NC(=O)Cc2ccc3c(c2)CCO3)C[C@@H]1c1nc2ccccc2[nH]1.O=C(O)C(F)(F)F. The van der Waals surface area contributed by atoms with Gasteiger partial charge in [0.2, 0.25) is 5.91 Å². The average Bonchev–Trinajstić information content (AvgIpc) is 3.46. The van der Waals surface area contributed by atoms with Gasteiger partial charge in [-0.15, -0.1) is 0 Å². The van der Waals surface area contributed by atoms with E-state index in [2.05, 4.69) is 34.4 Å². The third kappa shape index (κ3) is 6.14. The van der Waals surface area contributed by atoms with E-state index in [0.717, 1.165) is 60.6 Å². The molecule has 2 aromatic carbocycles. The van der Waals surface area contributed by atoms with Crippen LogP contribution in [-0.4, -0.2) is 64.3 Å². The summed E-state index contributed by atoms with van der Waals surface area (Å²) in [7, 11) is 2.13. The van der Waals surface area contributed by atoms with E-state index in [9.17, 15) is 18.0 Å². The lowest BCUT2D eigenvalue weighted by molar-refractivity contribution is -0.192. The maximum Gasteiger partial charge on any atom is 0.490 e. The lowest BCUT2D eigenvalue weighted by Gasteiger charge is -2.36. The van der Waals surface area contributed by atoms with Crippen LogP contribution >= 0.6 is 0 Å². The van der Waals surface area contributed by atoms with Crippen molar-refractivity contribution in [2.24, 2.45) is 0 Å². The first-order valence-electron chi connectivity index (χ1n) is 11.6. The van der Waals surface area contributed by atoms with Crippen LogP contribution in [0, 0.1) is 0 Å². The zero-order valence-corrected chi connectivity index (χ0v) is 19.6. The molecule has 1 saturated heterocycles. The first-order valence-corrected chi connectivity index (χ1v) is 11.6. The van der Waals surface area contributed by atoms with Crippen molar-refractivity contribution >= 4 is 22.9 Å². The second-order valence-electron chi connectivity index (χ2n) is 8.94. The Balaban J connectivity index is 0.000000384. The average molecular weight is 505 g/mol. The Hall–Kier alpha value is -3.60. The highest BCUT2D eigenvalue weighted by molar-refractivity contribution is 5.79. The van der Waals surface area contributed by atoms with Gasteiger partial charge in [0, 0.05) is 19.0 Å². The zero-order valence-electron chi connectivity index (χ0n) is 19.6. The molecule has 11 heteroatoms. The number of fused-ring (bicyclic) bond motifs is 2. The van der Waals surface area contributed by atoms with Crippen molar-refractivity contribution in [3.05, 3.63) is 59.4 Å². The number of nitrogens with zero attached hydrogens (tertiary/aromatic N) is 2. The minimum atomic E-state index is -5.08. The fourth-order valence-corrected chi connectivity index (χ4v) is 4.48. The Morgan fingerprint density at radius 2 is 2.00 bits per heavy atom. The van der Waals surface area contributed by atoms with Crippen LogP contribution in [0.2, 0.25) is 0 Å². The van der Waals surface area contributed by atoms with Gasteiger partial charge in [-0.2, -0.15) is 13.2 Å². The summed E-state index contributed by atoms with van der Waals surface area (Å²) in [5.41, 5.74) is 4.30. The zero-order chi connectivity index (χ0) is 25.9. The molecule has 3 N–H and O–H groups in total. The Morgan fingerprint density at radius 3 is 2.72 bits per heavy atom. The van der Waals surface area contributed by atoms with Crippen molar-refractivity contribution in [1.29, 1.82) is 0 Å². The molecule has 1 amide bonds. The number of rotatable bonds is 4. The molecule has 2 aliphatic heterocycles. The molecule has 0 bridgehead atoms. The Labute approximate surface area is 205 Å². The highest BCUT2D eigenvalue weighted by atomic mass is 19.4. The number of likely N-dealkylation sites (tertiary alicyclic amines) is 1. The number of piperidine rings is 1. The fraction of sp³-hybridized carbons (Fsp3) is 0.400. The van der Waals surface area contributed by atoms with Gasteiger partial charge < -0.3 is 20.1 Å². The molecule has 8 nitrogen and oxygen atoms in total. The van der Waals surface area contributed by atoms with Crippen molar-refractivity contribution in [1.82, 2.24) is 20.2 Å². The number of H-pyrrole nitrogens is 1. The topological polar surface area (TPSA) is 108 Å². The van der Waals surface area contributed by atoms with E-state index in [-0.39, 0.29) is 18.0 Å². The predicted molar refractivity (Wildman–Crippen MR) is 126 cm³/mol. The number of aromatic amines is 1. The smallest absolute Gasteiger partial charge is 0.490 e. The molecule has 1 fully saturated rings. The standard InChI is InChI=1S/C23H26N4O2.C2HF3O2/c1-27-10-8-17(14-20(27)23-25-18-4-2-3-5-19(18)26-23)24-22(28)13-15-6-7-21-16(12-15)9-11-29-21;3-2(4,5)1(6)7/h2-7,12,17,20H,8-11,13-14H2,1H3,(H,24,28)(H,25,26);(H,6,7)/t17-,20-;/m1./s1. The summed E-state index contributed by atoms with van der Waals surface area (Å²) in [4.78, 5) is 32.1. The molecule has 0 spiro atoms. The molecule has 3 aromatic rings. The maximum atomic E-state index is 12.7. The van der Waals surface area contributed by atoms with Crippen molar-refractivity contribution in [2.45, 2.75) is 43.9 Å². The number of halogens is 3. The first-order chi connectivity index (χ1) is 17.1. The Bertz CT molecular complexity index is 1210. The number of ether oxygens (including phenoxy) is 1. The molecular weight excluding hydrogens is 477 g/mol. The van der Waals surface area contributed by atoms with Gasteiger partial charge >= 0.3 is 12.1 Å². The summed E-state index contributed by atoms with van der Waals surface area (Å²) in [6.07, 6.45) is -1.93. The largest absolute Gasteiger partial charge is 0.493 e. The van der Waals surface area contributed by atoms with Gasteiger partial charge in [-0.25, -0.2) is 9.78 Å². The van der Waals surface area contributed by atoms with Gasteiger partial charge in [-0.1, -0.05) is 24.3 Å². The van der Waals surface area contributed by atoms with Gasteiger partial charge in [-0.05, 0) is 49.2 Å². The summed E-state index contributed by atoms with van der Waals surface area (Å²) in [5.74, 6) is -0.737. The van der Waals surface area contributed by atoms with E-state index >= 15 is 0 Å². The molecule has 0 unspecified atom stereocenters. The van der Waals surface area contributed by atoms with Gasteiger partial charge in [0.15, 0.2) is 0 Å². The Kier molecular flexibility index (Phi) is 7.48. The number of hydrogen-bond donors (Lipinski definition) is 3. The number of nitrogens with one attached hydrogen (secondary N) is 2. The Morgan fingerprint density at radius 1 is 1.25 bits per heavy atom. The normalized spacial score (nSPS) is 19.7. The second-order valence-corrected chi connectivity index (χ2v) is 8.94. The van der Waals surface area contributed by atoms with E-state index in [1.165, 1.54) is 5.56 Å². The summed E-state index contributed by atoms with van der Waals surface area (Å²) >= 11 is 0.